The number of nitrogens with two attached hydrogens (primary N) is 6. The summed E-state index contributed by atoms with van der Waals surface area (Å²) in [5.74, 6) is -15.4. The molecular weight excluding hydrogens is 1870 g/mol. The Morgan fingerprint density at radius 1 is 0.483 bits per heavy atom. The number of amides is 18. The zero-order valence-corrected chi connectivity index (χ0v) is 87.7. The summed E-state index contributed by atoms with van der Waals surface area (Å²) in [5, 5.41) is 55.1. The van der Waals surface area contributed by atoms with Crippen LogP contribution in [-0.2, 0) is 99.1 Å². The van der Waals surface area contributed by atoms with E-state index in [4.69, 9.17) is 34.4 Å². The van der Waals surface area contributed by atoms with E-state index in [1.165, 1.54) is 38.2 Å². The first-order valence-corrected chi connectivity index (χ1v) is 52.1. The average Bonchev–Trinajstić information content (AvgIpc) is 1.75. The lowest BCUT2D eigenvalue weighted by molar-refractivity contribution is -0.144. The Morgan fingerprint density at radius 3 is 1.50 bits per heavy atom. The molecule has 0 unspecified atom stereocenters. The van der Waals surface area contributed by atoms with Gasteiger partial charge in [-0.05, 0) is 237 Å². The van der Waals surface area contributed by atoms with E-state index in [1.807, 2.05) is 39.8 Å². The number of carbonyl (C=O) groups is 18. The molecule has 145 heavy (non-hydrogen) atoms. The summed E-state index contributed by atoms with van der Waals surface area (Å²) >= 11 is 0. The molecule has 44 heteroatoms. The molecule has 2 aliphatic heterocycles. The van der Waals surface area contributed by atoms with Crippen molar-refractivity contribution in [3.8, 4) is 0 Å². The lowest BCUT2D eigenvalue weighted by Crippen LogP contribution is -2.65. The molecule has 0 radical (unpaired) electrons. The van der Waals surface area contributed by atoms with Crippen LogP contribution in [-0.4, -0.2) is 274 Å². The molecule has 0 saturated carbocycles. The Morgan fingerprint density at radius 2 is 0.966 bits per heavy atom. The molecule has 1 fully saturated rings. The Bertz CT molecular complexity index is 4470. The number of H-pyrrole nitrogens is 1. The number of aromatic nitrogens is 2. The van der Waals surface area contributed by atoms with Crippen molar-refractivity contribution in [1.29, 1.82) is 0 Å². The van der Waals surface area contributed by atoms with Crippen LogP contribution in [0.1, 0.15) is 287 Å². The minimum absolute atomic E-state index is 0.00341. The van der Waals surface area contributed by atoms with Crippen LogP contribution < -0.4 is 119 Å². The molecule has 4 rings (SSSR count). The number of nitrogens with zero attached hydrogens (tertiary/aromatic N) is 2. The van der Waals surface area contributed by atoms with Crippen LogP contribution in [0.25, 0.3) is 0 Å². The molecule has 0 spiro atoms. The zero-order valence-electron chi connectivity index (χ0n) is 87.7. The monoisotopic (exact) mass is 2040 g/mol. The smallest absolute Gasteiger partial charge is 0.246 e. The molecule has 30 N–H and O–H groups in total. The van der Waals surface area contributed by atoms with Gasteiger partial charge < -0.3 is 134 Å². The molecule has 1 aromatic carbocycles. The summed E-state index contributed by atoms with van der Waals surface area (Å²) in [6.45, 7) is 21.9. The number of hydrogen-bond acceptors (Lipinski definition) is 25. The third kappa shape index (κ3) is 44.7. The number of benzene rings is 1. The van der Waals surface area contributed by atoms with Gasteiger partial charge in [-0.15, -0.1) is 0 Å². The number of allylic oxidation sites excluding steroid dienone is 2. The summed E-state index contributed by atoms with van der Waals surface area (Å²) in [7, 11) is 0. The van der Waals surface area contributed by atoms with Crippen LogP contribution in [0.3, 0.4) is 0 Å². The van der Waals surface area contributed by atoms with Gasteiger partial charge in [0.15, 0.2) is 0 Å². The first-order chi connectivity index (χ1) is 68.9. The summed E-state index contributed by atoms with van der Waals surface area (Å²) in [6, 6.07) is -10.8. The Balaban J connectivity index is 1.67. The molecule has 44 nitrogen and oxygen atoms in total. The zero-order chi connectivity index (χ0) is 108. The van der Waals surface area contributed by atoms with Gasteiger partial charge in [-0.3, -0.25) is 86.3 Å². The maximum atomic E-state index is 15.6. The predicted octanol–water partition coefficient (Wildman–Crippen LogP) is -0.220. The number of aliphatic hydroxyl groups is 1. The van der Waals surface area contributed by atoms with Crippen molar-refractivity contribution in [3.63, 3.8) is 0 Å². The topological polar surface area (TPSA) is 708 Å². The number of aromatic amines is 1. The lowest BCUT2D eigenvalue weighted by atomic mass is 9.91. The van der Waals surface area contributed by atoms with Crippen LogP contribution in [0.15, 0.2) is 55.0 Å². The second-order valence-corrected chi connectivity index (χ2v) is 40.3. The number of carbonyl (C=O) groups excluding carboxylic acids is 18. The number of rotatable bonds is 60. The number of hydrogen-bond donors (Lipinski definition) is 24. The van der Waals surface area contributed by atoms with Crippen molar-refractivity contribution < 1.29 is 91.4 Å². The van der Waals surface area contributed by atoms with E-state index in [9.17, 15) is 62.6 Å². The van der Waals surface area contributed by atoms with E-state index in [2.05, 4.69) is 95.0 Å². The number of nitrogens with one attached hydrogen (secondary N) is 17. The Hall–Kier alpha value is -11.6. The number of imidazole rings is 1. The van der Waals surface area contributed by atoms with Crippen LogP contribution in [0.2, 0.25) is 0 Å². The number of aliphatic hydroxyl groups excluding tert-OH is 1. The predicted molar refractivity (Wildman–Crippen MR) is 549 cm³/mol. The largest absolute Gasteiger partial charge is 0.394 e. The molecule has 2 aliphatic rings. The first-order valence-electron chi connectivity index (χ1n) is 52.1. The van der Waals surface area contributed by atoms with Crippen molar-refractivity contribution in [2.45, 2.75) is 391 Å². The normalized spacial score (nSPS) is 20.3. The summed E-state index contributed by atoms with van der Waals surface area (Å²) in [6.07, 6.45) is 13.6. The fourth-order valence-corrected chi connectivity index (χ4v) is 17.2. The molecule has 1 saturated heterocycles. The molecule has 3 heterocycles. The first kappa shape index (κ1) is 126. The van der Waals surface area contributed by atoms with Crippen LogP contribution in [0.4, 0.5) is 0 Å². The van der Waals surface area contributed by atoms with Crippen molar-refractivity contribution in [3.05, 3.63) is 66.3 Å². The van der Waals surface area contributed by atoms with Gasteiger partial charge in [-0.2, -0.15) is 0 Å². The number of unbranched alkanes of at least 4 members (excludes halogenated alkanes) is 6. The van der Waals surface area contributed by atoms with Gasteiger partial charge in [-0.25, -0.2) is 4.98 Å². The van der Waals surface area contributed by atoms with E-state index in [0.29, 0.717) is 101 Å². The van der Waals surface area contributed by atoms with Crippen molar-refractivity contribution in [2.75, 3.05) is 45.9 Å². The number of primary amides is 1. The highest BCUT2D eigenvalue weighted by atomic mass is 16.3. The summed E-state index contributed by atoms with van der Waals surface area (Å²) < 4.78 is 0. The highest BCUT2D eigenvalue weighted by molar-refractivity contribution is 6.03. The third-order valence-electron chi connectivity index (χ3n) is 25.7. The summed E-state index contributed by atoms with van der Waals surface area (Å²) in [5.41, 5.74) is 32.2. The van der Waals surface area contributed by atoms with E-state index >= 15 is 28.8 Å². The Labute approximate surface area is 854 Å². The standard InChI is InChI=1S/C101H173N25O19/c1-14-16-38-69(85(131)110-65(11)84(130)118-77(56-67-58-108-60-109-67)92(138)113-70(39-17-15-2)86(132)112-68(83(107)129)40-25-31-47-102)117-96(142)82(64(9)10)123-88(134)72(42-27-33-49-104)116-95(141)80-44-35-51-126(80)97(143)78(54-63(7)8)122-99(145)101(13)46-30-21-19-18-20-29-45-100(12,98(144)121-75(53-62(5)6)90(136)114-71(41-26-32-48-103)87(133)115-73(93(139)124-101)43-28-34-50-105)125-94(140)79(59-127)120-89(135)74(52-61(3)4)119-91(137)76(111-81(128)57-106)55-66-36-23-22-24-37-66/h18-19,22-24,36-37,58,60-65,68-80,82,127H,14-17,20-21,25-35,38-57,59,102-106H2,1-13H3,(H2,107,129)(H,108,109)(H,110,131)(H,111,128)(H,112,132)(H,113,138)(H,114,136)(H,115,133)(H,116,141)(H,117,142)(H,118,130)(H,119,137)(H,120,135)(H,121,144)(H,122,145)(H,123,134)(H,124,139)(H,125,140)/b19-18-/t65-,68-,69-,70-,71-,72-,73-,74-,75-,76-,77-,78-,79-,80-,82-,100-,101+/m0/s1. The maximum absolute atomic E-state index is 15.6. The van der Waals surface area contributed by atoms with Crippen LogP contribution >= 0.6 is 0 Å². The molecule has 1 aromatic heterocycles. The quantitative estimate of drug-likeness (QED) is 0.0301. The van der Waals surface area contributed by atoms with E-state index in [0.717, 1.165) is 0 Å². The van der Waals surface area contributed by atoms with E-state index in [1.54, 1.807) is 71.9 Å². The molecule has 18 amide bonds. The van der Waals surface area contributed by atoms with Gasteiger partial charge >= 0.3 is 0 Å². The fraction of sp³-hybridized carbons (Fsp3) is 0.713. The minimum atomic E-state index is -1.89. The summed E-state index contributed by atoms with van der Waals surface area (Å²) in [4.78, 5) is 269. The van der Waals surface area contributed by atoms with Crippen LogP contribution in [0, 0.1) is 23.7 Å². The van der Waals surface area contributed by atoms with Crippen LogP contribution in [0.5, 0.6) is 0 Å². The second kappa shape index (κ2) is 66.5. The highest BCUT2D eigenvalue weighted by Gasteiger charge is 2.46. The van der Waals surface area contributed by atoms with Crippen molar-refractivity contribution in [2.24, 2.45) is 58.1 Å². The molecular formula is C101H173N25O19. The fourth-order valence-electron chi connectivity index (χ4n) is 17.2. The van der Waals surface area contributed by atoms with Gasteiger partial charge in [0.05, 0.1) is 19.5 Å². The minimum Gasteiger partial charge on any atom is -0.394 e. The van der Waals surface area contributed by atoms with Gasteiger partial charge in [0.2, 0.25) is 106 Å². The SMILES string of the molecule is CCCC[C@H](NC(=O)[C@H](Cc1cnc[nH]1)NC(=O)[C@H](C)NC(=O)[C@H](CCCC)NC(=O)[C@@H](NC(=O)[C@H](CCCCN)NC(=O)[C@@H]1CCCN1C(=O)[C@H](CC(C)C)NC(=O)[C@@]1(C)CCC/C=C\CCC[C@](C)(NC(=O)[C@H](CO)NC(=O)[C@H](CC(C)C)NC(=O)[C@H](Cc2ccccc2)NC(=O)CN)C(=O)N[C@@H](CC(C)C)C(=O)N[C@@H](CCCCN)C(=O)N[C@@H](CCCCN)C(=O)N1)C(C)C)C(=O)N[C@@H](CCCCN)C(N)=O. The van der Waals surface area contributed by atoms with Gasteiger partial charge in [0, 0.05) is 31.3 Å². The van der Waals surface area contributed by atoms with E-state index < -0.39 is 227 Å². The average molecular weight is 2040 g/mol. The molecule has 0 aliphatic carbocycles. The van der Waals surface area contributed by atoms with Gasteiger partial charge in [-0.1, -0.05) is 137 Å². The van der Waals surface area contributed by atoms with E-state index in [-0.39, 0.29) is 160 Å². The van der Waals surface area contributed by atoms with Gasteiger partial charge in [0.1, 0.15) is 102 Å². The Kier molecular flexibility index (Phi) is 57.6. The third-order valence-corrected chi connectivity index (χ3v) is 25.7. The van der Waals surface area contributed by atoms with Crippen molar-refractivity contribution >= 4 is 106 Å². The molecule has 17 atom stereocenters. The number of likely N-dealkylation sites (tertiary alicyclic amines) is 1. The lowest BCUT2D eigenvalue weighted by Gasteiger charge is -2.35. The second-order valence-electron chi connectivity index (χ2n) is 40.3. The maximum Gasteiger partial charge on any atom is 0.246 e. The molecule has 2 aromatic rings. The van der Waals surface area contributed by atoms with Crippen molar-refractivity contribution in [1.82, 2.24) is 99.9 Å². The molecule has 0 bridgehead atoms. The highest BCUT2D eigenvalue weighted by Crippen LogP contribution is 2.26. The van der Waals surface area contributed by atoms with Gasteiger partial charge in [0.25, 0.3) is 0 Å². The molecule has 816 valence electrons.